The lowest BCUT2D eigenvalue weighted by atomic mass is 10.2. The largest absolute Gasteiger partial charge is 0.392 e. The maximum atomic E-state index is 10.1. The van der Waals surface area contributed by atoms with E-state index in [1.807, 2.05) is 61.7 Å². The number of nitrogens with zero attached hydrogens (tertiary/aromatic N) is 2. The van der Waals surface area contributed by atoms with Crippen LogP contribution in [0.4, 0.5) is 0 Å². The minimum absolute atomic E-state index is 0.319. The van der Waals surface area contributed by atoms with Gasteiger partial charge in [-0.15, -0.1) is 0 Å². The number of benzene rings is 2. The molecule has 0 bridgehead atoms. The molecule has 4 heteroatoms. The summed E-state index contributed by atoms with van der Waals surface area (Å²) in [6.07, 6.45) is 2.32. The van der Waals surface area contributed by atoms with E-state index in [0.29, 0.717) is 6.54 Å². The molecule has 1 aromatic heterocycles. The predicted molar refractivity (Wildman–Crippen MR) is 101 cm³/mol. The summed E-state index contributed by atoms with van der Waals surface area (Å²) in [6.45, 7) is 4.18. The first-order valence-electron chi connectivity index (χ1n) is 8.78. The van der Waals surface area contributed by atoms with Crippen LogP contribution in [-0.2, 0) is 13.1 Å². The van der Waals surface area contributed by atoms with Gasteiger partial charge < -0.3 is 10.1 Å². The average molecular weight is 335 g/mol. The fraction of sp³-hybridized carbons (Fsp3) is 0.286. The number of aromatic nitrogens is 2. The summed E-state index contributed by atoms with van der Waals surface area (Å²) in [5.41, 5.74) is 3.38. The van der Waals surface area contributed by atoms with Crippen molar-refractivity contribution in [2.75, 3.05) is 6.54 Å². The van der Waals surface area contributed by atoms with Gasteiger partial charge in [0.15, 0.2) is 0 Å². The number of aliphatic hydroxyl groups is 1. The summed E-state index contributed by atoms with van der Waals surface area (Å²) in [6, 6.07) is 20.5. The van der Waals surface area contributed by atoms with Crippen LogP contribution in [0, 0.1) is 0 Å². The molecule has 0 spiro atoms. The number of aromatic amines is 1. The van der Waals surface area contributed by atoms with Crippen LogP contribution in [0.1, 0.15) is 24.6 Å². The summed E-state index contributed by atoms with van der Waals surface area (Å²) < 4.78 is 0. The molecule has 2 N–H and O–H groups in total. The third-order valence-electron chi connectivity index (χ3n) is 4.26. The van der Waals surface area contributed by atoms with Gasteiger partial charge in [-0.1, -0.05) is 67.6 Å². The number of aliphatic hydroxyl groups excluding tert-OH is 1. The number of nitrogens with one attached hydrogen (secondary N) is 1. The van der Waals surface area contributed by atoms with Gasteiger partial charge in [-0.05, 0) is 12.0 Å². The quantitative estimate of drug-likeness (QED) is 0.657. The van der Waals surface area contributed by atoms with Crippen molar-refractivity contribution in [3.63, 3.8) is 0 Å². The molecule has 0 aliphatic carbocycles. The van der Waals surface area contributed by atoms with Crippen molar-refractivity contribution in [3.8, 4) is 11.4 Å². The van der Waals surface area contributed by atoms with Crippen molar-refractivity contribution in [3.05, 3.63) is 78.1 Å². The highest BCUT2D eigenvalue weighted by molar-refractivity contribution is 5.54. The van der Waals surface area contributed by atoms with Gasteiger partial charge in [0, 0.05) is 37.1 Å². The van der Waals surface area contributed by atoms with Crippen molar-refractivity contribution in [2.45, 2.75) is 32.5 Å². The lowest BCUT2D eigenvalue weighted by Gasteiger charge is -2.24. The molecular weight excluding hydrogens is 310 g/mol. The predicted octanol–water partition coefficient (Wildman–Crippen LogP) is 3.85. The van der Waals surface area contributed by atoms with Crippen LogP contribution in [0.5, 0.6) is 0 Å². The van der Waals surface area contributed by atoms with Crippen molar-refractivity contribution in [2.24, 2.45) is 0 Å². The van der Waals surface area contributed by atoms with E-state index in [1.165, 1.54) is 5.56 Å². The molecule has 3 rings (SSSR count). The molecule has 0 aliphatic rings. The molecule has 0 radical (unpaired) electrons. The molecule has 25 heavy (non-hydrogen) atoms. The highest BCUT2D eigenvalue weighted by Gasteiger charge is 2.13. The molecule has 130 valence electrons. The Morgan fingerprint density at radius 2 is 1.68 bits per heavy atom. The lowest BCUT2D eigenvalue weighted by molar-refractivity contribution is 0.101. The second kappa shape index (κ2) is 8.60. The third-order valence-corrected chi connectivity index (χ3v) is 4.26. The first-order chi connectivity index (χ1) is 12.2. The molecule has 4 nitrogen and oxygen atoms in total. The second-order valence-corrected chi connectivity index (χ2v) is 6.34. The van der Waals surface area contributed by atoms with Gasteiger partial charge in [0.2, 0.25) is 0 Å². The molecule has 1 atom stereocenters. The summed E-state index contributed by atoms with van der Waals surface area (Å²) in [5, 5.41) is 10.1. The Labute approximate surface area is 149 Å². The monoisotopic (exact) mass is 335 g/mol. The molecule has 1 unspecified atom stereocenters. The fourth-order valence-corrected chi connectivity index (χ4v) is 2.88. The Bertz CT molecular complexity index is 755. The molecule has 1 heterocycles. The Morgan fingerprint density at radius 3 is 2.36 bits per heavy atom. The van der Waals surface area contributed by atoms with Crippen LogP contribution in [0.2, 0.25) is 0 Å². The van der Waals surface area contributed by atoms with Crippen molar-refractivity contribution >= 4 is 0 Å². The number of H-pyrrole nitrogens is 1. The van der Waals surface area contributed by atoms with Crippen LogP contribution in [0.3, 0.4) is 0 Å². The second-order valence-electron chi connectivity index (χ2n) is 6.34. The first kappa shape index (κ1) is 17.4. The van der Waals surface area contributed by atoms with Gasteiger partial charge in [0.25, 0.3) is 0 Å². The van der Waals surface area contributed by atoms with Crippen LogP contribution >= 0.6 is 0 Å². The number of rotatable bonds is 8. The van der Waals surface area contributed by atoms with Crippen LogP contribution < -0.4 is 0 Å². The third kappa shape index (κ3) is 5.02. The number of imidazole rings is 1. The van der Waals surface area contributed by atoms with Gasteiger partial charge in [-0.25, -0.2) is 4.98 Å². The van der Waals surface area contributed by atoms with Crippen LogP contribution in [0.15, 0.2) is 66.9 Å². The first-order valence-corrected chi connectivity index (χ1v) is 8.78. The van der Waals surface area contributed by atoms with Gasteiger partial charge in [-0.3, -0.25) is 4.90 Å². The highest BCUT2D eigenvalue weighted by atomic mass is 16.3. The number of hydrogen-bond acceptors (Lipinski definition) is 3. The fourth-order valence-electron chi connectivity index (χ4n) is 2.88. The Hall–Kier alpha value is -2.43. The molecular formula is C21H25N3O. The van der Waals surface area contributed by atoms with E-state index in [4.69, 9.17) is 0 Å². The van der Waals surface area contributed by atoms with Gasteiger partial charge in [-0.2, -0.15) is 0 Å². The normalized spacial score (nSPS) is 12.4. The Morgan fingerprint density at radius 1 is 1.00 bits per heavy atom. The highest BCUT2D eigenvalue weighted by Crippen LogP contribution is 2.16. The van der Waals surface area contributed by atoms with E-state index < -0.39 is 0 Å². The Kier molecular flexibility index (Phi) is 5.99. The van der Waals surface area contributed by atoms with E-state index in [-0.39, 0.29) is 6.10 Å². The maximum Gasteiger partial charge on any atom is 0.137 e. The van der Waals surface area contributed by atoms with Gasteiger partial charge >= 0.3 is 0 Å². The van der Waals surface area contributed by atoms with Crippen molar-refractivity contribution in [1.82, 2.24) is 14.9 Å². The molecule has 0 saturated carbocycles. The topological polar surface area (TPSA) is 52.1 Å². The lowest BCUT2D eigenvalue weighted by Crippen LogP contribution is -2.31. The van der Waals surface area contributed by atoms with Gasteiger partial charge in [0.1, 0.15) is 5.82 Å². The van der Waals surface area contributed by atoms with E-state index in [1.54, 1.807) is 0 Å². The van der Waals surface area contributed by atoms with Crippen LogP contribution in [-0.4, -0.2) is 32.6 Å². The summed E-state index contributed by atoms with van der Waals surface area (Å²) >= 11 is 0. The minimum Gasteiger partial charge on any atom is -0.392 e. The van der Waals surface area contributed by atoms with Gasteiger partial charge in [0.05, 0.1) is 6.10 Å². The molecule has 3 aromatic rings. The molecule has 0 fully saturated rings. The maximum absolute atomic E-state index is 10.1. The van der Waals surface area contributed by atoms with Crippen molar-refractivity contribution < 1.29 is 5.11 Å². The standard InChI is InChI=1S/C21H25N3O/c1-2-20(25)16-24(14-17-9-5-3-6-10-17)15-19-13-22-21(23-19)18-11-7-4-8-12-18/h3-13,20,25H,2,14-16H2,1H3,(H,22,23). The summed E-state index contributed by atoms with van der Waals surface area (Å²) in [4.78, 5) is 10.2. The SMILES string of the molecule is CCC(O)CN(Cc1ccccc1)Cc1cnc(-c2ccccc2)[nH]1. The summed E-state index contributed by atoms with van der Waals surface area (Å²) in [5.74, 6) is 0.881. The van der Waals surface area contributed by atoms with E-state index in [2.05, 4.69) is 27.0 Å². The molecule has 0 amide bonds. The molecule has 0 aliphatic heterocycles. The average Bonchev–Trinajstić information content (AvgIpc) is 3.11. The zero-order valence-electron chi connectivity index (χ0n) is 14.6. The van der Waals surface area contributed by atoms with Crippen LogP contribution in [0.25, 0.3) is 11.4 Å². The zero-order chi connectivity index (χ0) is 17.5. The van der Waals surface area contributed by atoms with Crippen molar-refractivity contribution in [1.29, 1.82) is 0 Å². The molecule has 2 aromatic carbocycles. The zero-order valence-corrected chi connectivity index (χ0v) is 14.6. The molecule has 0 saturated heterocycles. The Balaban J connectivity index is 1.72. The number of hydrogen-bond donors (Lipinski definition) is 2. The minimum atomic E-state index is -0.319. The van der Waals surface area contributed by atoms with E-state index in [0.717, 1.165) is 36.6 Å². The summed E-state index contributed by atoms with van der Waals surface area (Å²) in [7, 11) is 0. The van der Waals surface area contributed by atoms with E-state index >= 15 is 0 Å². The smallest absolute Gasteiger partial charge is 0.137 e. The van der Waals surface area contributed by atoms with E-state index in [9.17, 15) is 5.11 Å².